The van der Waals surface area contributed by atoms with Crippen molar-refractivity contribution >= 4 is 64.8 Å². The molecule has 4 rings (SSSR count). The van der Waals surface area contributed by atoms with Gasteiger partial charge in [0.25, 0.3) is 0 Å². The number of likely N-dealkylation sites (N-methyl/N-ethyl adjacent to an activating group) is 1. The first kappa shape index (κ1) is 20.9. The van der Waals surface area contributed by atoms with Gasteiger partial charge in [-0.3, -0.25) is 0 Å². The number of imidazole rings is 1. The number of fused-ring (bicyclic) bond motifs is 2. The molecule has 0 saturated carbocycles. The molecule has 1 fully saturated rings. The van der Waals surface area contributed by atoms with Crippen LogP contribution in [0.1, 0.15) is 13.3 Å². The van der Waals surface area contributed by atoms with E-state index in [4.69, 9.17) is 12.2 Å². The van der Waals surface area contributed by atoms with E-state index < -0.39 is 0 Å². The first-order valence-electron chi connectivity index (χ1n) is 8.48. The van der Waals surface area contributed by atoms with Crippen molar-refractivity contribution in [3.05, 3.63) is 23.2 Å². The highest BCUT2D eigenvalue weighted by Crippen LogP contribution is 2.28. The van der Waals surface area contributed by atoms with Crippen molar-refractivity contribution in [2.24, 2.45) is 0 Å². The third-order valence-electron chi connectivity index (χ3n) is 4.84. The van der Waals surface area contributed by atoms with Gasteiger partial charge in [-0.1, -0.05) is 0 Å². The van der Waals surface area contributed by atoms with Gasteiger partial charge in [0, 0.05) is 31.6 Å². The van der Waals surface area contributed by atoms with Crippen LogP contribution in [0.15, 0.2) is 18.5 Å². The summed E-state index contributed by atoms with van der Waals surface area (Å²) in [4.78, 5) is 17.2. The average molecular weight is 415 g/mol. The number of H-pyrrole nitrogens is 1. The van der Waals surface area contributed by atoms with Crippen molar-refractivity contribution in [1.82, 2.24) is 24.4 Å². The third-order valence-corrected chi connectivity index (χ3v) is 5.17. The van der Waals surface area contributed by atoms with Crippen LogP contribution >= 0.6 is 37.0 Å². The number of halogens is 2. The van der Waals surface area contributed by atoms with Crippen molar-refractivity contribution in [3.8, 4) is 0 Å². The molecule has 1 N–H and O–H groups in total. The highest BCUT2D eigenvalue weighted by molar-refractivity contribution is 7.71. The third kappa shape index (κ3) is 3.67. The van der Waals surface area contributed by atoms with Crippen molar-refractivity contribution < 1.29 is 0 Å². The molecule has 0 amide bonds. The molecule has 3 heterocycles. The van der Waals surface area contributed by atoms with Gasteiger partial charge in [0.05, 0.1) is 16.6 Å². The Morgan fingerprint density at radius 3 is 2.69 bits per heavy atom. The Bertz CT molecular complexity index is 953. The smallest absolute Gasteiger partial charge is 0.178 e. The number of nitrogens with one attached hydrogen (secondary N) is 1. The van der Waals surface area contributed by atoms with Crippen LogP contribution in [-0.2, 0) is 6.54 Å². The normalized spacial score (nSPS) is 15.5. The van der Waals surface area contributed by atoms with Crippen LogP contribution in [0, 0.1) is 4.77 Å². The predicted molar refractivity (Wildman–Crippen MR) is 115 cm³/mol. The maximum Gasteiger partial charge on any atom is 0.178 e. The van der Waals surface area contributed by atoms with Crippen LogP contribution in [0.2, 0.25) is 0 Å². The zero-order valence-electron chi connectivity index (χ0n) is 14.9. The first-order valence-corrected chi connectivity index (χ1v) is 8.89. The minimum Gasteiger partial charge on any atom is -0.355 e. The van der Waals surface area contributed by atoms with Crippen LogP contribution in [0.3, 0.4) is 0 Å². The summed E-state index contributed by atoms with van der Waals surface area (Å²) in [5.41, 5.74) is 3.13. The lowest BCUT2D eigenvalue weighted by Crippen LogP contribution is -2.29. The molecule has 3 aromatic rings. The molecule has 0 radical (unpaired) electrons. The molecular weight excluding hydrogens is 391 g/mol. The Morgan fingerprint density at radius 1 is 1.12 bits per heavy atom. The summed E-state index contributed by atoms with van der Waals surface area (Å²) in [5.74, 6) is 1.03. The Hall–Kier alpha value is -1.41. The van der Waals surface area contributed by atoms with E-state index in [1.165, 1.54) is 0 Å². The van der Waals surface area contributed by atoms with Crippen LogP contribution in [0.4, 0.5) is 5.82 Å². The fraction of sp³-hybridized carbons (Fsp3) is 0.471. The van der Waals surface area contributed by atoms with Gasteiger partial charge in [-0.25, -0.2) is 9.97 Å². The lowest BCUT2D eigenvalue weighted by Gasteiger charge is -2.22. The molecule has 6 nitrogen and oxygen atoms in total. The zero-order chi connectivity index (χ0) is 16.7. The van der Waals surface area contributed by atoms with Gasteiger partial charge in [-0.15, -0.1) is 24.8 Å². The highest BCUT2D eigenvalue weighted by Gasteiger charge is 2.17. The van der Waals surface area contributed by atoms with E-state index >= 15 is 0 Å². The lowest BCUT2D eigenvalue weighted by atomic mass is 10.2. The van der Waals surface area contributed by atoms with E-state index in [0.717, 1.165) is 71.7 Å². The van der Waals surface area contributed by atoms with Gasteiger partial charge in [-0.05, 0) is 51.3 Å². The fourth-order valence-corrected chi connectivity index (χ4v) is 3.86. The SMILES string of the molecule is CCn1c(=S)[nH]c2cc3c(N4CCCN(C)CC4)ncnc3cc21.Cl.Cl. The Balaban J connectivity index is 0.00000121. The molecule has 1 aromatic carbocycles. The standard InChI is InChI=1S/C17H22N6S.2ClH/c1-3-23-15-10-13-12(9-14(15)20-17(23)24)16(19-11-18-13)22-6-4-5-21(2)7-8-22;;/h9-11H,3-8H2,1-2H3,(H,20,24);2*1H. The first-order chi connectivity index (χ1) is 11.7. The number of benzene rings is 1. The number of rotatable bonds is 2. The molecule has 1 aliphatic rings. The van der Waals surface area contributed by atoms with Gasteiger partial charge in [0.15, 0.2) is 4.77 Å². The quantitative estimate of drug-likeness (QED) is 0.648. The minimum atomic E-state index is 0. The Morgan fingerprint density at radius 2 is 1.92 bits per heavy atom. The van der Waals surface area contributed by atoms with Crippen LogP contribution in [-0.4, -0.2) is 57.6 Å². The van der Waals surface area contributed by atoms with Gasteiger partial charge in [0.2, 0.25) is 0 Å². The second-order valence-corrected chi connectivity index (χ2v) is 6.79. The summed E-state index contributed by atoms with van der Waals surface area (Å²) in [6, 6.07) is 4.27. The molecular formula is C17H24Cl2N6S. The van der Waals surface area contributed by atoms with E-state index in [-0.39, 0.29) is 24.8 Å². The van der Waals surface area contributed by atoms with E-state index in [2.05, 4.69) is 55.4 Å². The number of aromatic amines is 1. The summed E-state index contributed by atoms with van der Waals surface area (Å²) >= 11 is 5.44. The molecule has 0 bridgehead atoms. The molecule has 1 aliphatic heterocycles. The second kappa shape index (κ2) is 8.52. The van der Waals surface area contributed by atoms with Crippen molar-refractivity contribution in [1.29, 1.82) is 0 Å². The molecule has 0 spiro atoms. The predicted octanol–water partition coefficient (Wildman–Crippen LogP) is 3.65. The van der Waals surface area contributed by atoms with Crippen LogP contribution < -0.4 is 4.90 Å². The molecule has 9 heteroatoms. The molecule has 26 heavy (non-hydrogen) atoms. The number of aryl methyl sites for hydroxylation is 1. The van der Waals surface area contributed by atoms with Gasteiger partial charge in [0.1, 0.15) is 12.1 Å². The zero-order valence-corrected chi connectivity index (χ0v) is 17.4. The monoisotopic (exact) mass is 414 g/mol. The van der Waals surface area contributed by atoms with E-state index in [1.54, 1.807) is 6.33 Å². The lowest BCUT2D eigenvalue weighted by molar-refractivity contribution is 0.360. The van der Waals surface area contributed by atoms with Crippen molar-refractivity contribution in [2.45, 2.75) is 19.9 Å². The maximum atomic E-state index is 5.44. The van der Waals surface area contributed by atoms with Gasteiger partial charge in [-0.2, -0.15) is 0 Å². The number of hydrogen-bond acceptors (Lipinski definition) is 5. The van der Waals surface area contributed by atoms with E-state index in [9.17, 15) is 0 Å². The van der Waals surface area contributed by atoms with E-state index in [0.29, 0.717) is 0 Å². The Labute approximate surface area is 170 Å². The molecule has 142 valence electrons. The minimum absolute atomic E-state index is 0. The number of aromatic nitrogens is 4. The summed E-state index contributed by atoms with van der Waals surface area (Å²) in [5, 5.41) is 1.09. The highest BCUT2D eigenvalue weighted by atomic mass is 35.5. The fourth-order valence-electron chi connectivity index (χ4n) is 3.52. The molecule has 0 atom stereocenters. The number of nitrogens with zero attached hydrogens (tertiary/aromatic N) is 5. The van der Waals surface area contributed by atoms with Gasteiger partial charge >= 0.3 is 0 Å². The topological polar surface area (TPSA) is 53.0 Å². The van der Waals surface area contributed by atoms with Crippen molar-refractivity contribution in [2.75, 3.05) is 38.1 Å². The largest absolute Gasteiger partial charge is 0.355 e. The molecule has 1 saturated heterocycles. The second-order valence-electron chi connectivity index (χ2n) is 6.40. The maximum absolute atomic E-state index is 5.44. The van der Waals surface area contributed by atoms with Crippen molar-refractivity contribution in [3.63, 3.8) is 0 Å². The number of anilines is 1. The Kier molecular flexibility index (Phi) is 6.85. The summed E-state index contributed by atoms with van der Waals surface area (Å²) in [6.07, 6.45) is 2.83. The molecule has 2 aromatic heterocycles. The number of hydrogen-bond donors (Lipinski definition) is 1. The van der Waals surface area contributed by atoms with E-state index in [1.807, 2.05) is 0 Å². The van der Waals surface area contributed by atoms with Crippen LogP contribution in [0.5, 0.6) is 0 Å². The summed E-state index contributed by atoms with van der Waals surface area (Å²) < 4.78 is 2.86. The van der Waals surface area contributed by atoms with Crippen LogP contribution in [0.25, 0.3) is 21.9 Å². The molecule has 0 unspecified atom stereocenters. The molecule has 0 aliphatic carbocycles. The summed E-state index contributed by atoms with van der Waals surface area (Å²) in [6.45, 7) is 7.17. The average Bonchev–Trinajstić information content (AvgIpc) is 2.73. The summed E-state index contributed by atoms with van der Waals surface area (Å²) in [7, 11) is 2.18. The van der Waals surface area contributed by atoms with Gasteiger partial charge < -0.3 is 19.4 Å².